The third-order valence-corrected chi connectivity index (χ3v) is 4.76. The van der Waals surface area contributed by atoms with E-state index >= 15 is 0 Å². The van der Waals surface area contributed by atoms with Crippen molar-refractivity contribution in [3.05, 3.63) is 50.1 Å². The Labute approximate surface area is 146 Å². The number of aromatic carboxylic acids is 1. The highest BCUT2D eigenvalue weighted by atomic mass is 79.9. The van der Waals surface area contributed by atoms with Gasteiger partial charge in [0.15, 0.2) is 6.10 Å². The van der Waals surface area contributed by atoms with Crippen molar-refractivity contribution in [3.63, 3.8) is 0 Å². The summed E-state index contributed by atoms with van der Waals surface area (Å²) < 4.78 is 6.44. The van der Waals surface area contributed by atoms with Crippen molar-refractivity contribution in [2.45, 2.75) is 26.5 Å². The molecule has 0 aliphatic heterocycles. The van der Waals surface area contributed by atoms with Crippen LogP contribution in [0.3, 0.4) is 0 Å². The molecule has 2 aromatic rings. The van der Waals surface area contributed by atoms with Gasteiger partial charge < -0.3 is 15.2 Å². The van der Waals surface area contributed by atoms with Gasteiger partial charge in [-0.1, -0.05) is 6.07 Å². The fourth-order valence-corrected chi connectivity index (χ4v) is 3.22. The van der Waals surface area contributed by atoms with Crippen LogP contribution in [-0.2, 0) is 11.3 Å². The first-order chi connectivity index (χ1) is 10.9. The summed E-state index contributed by atoms with van der Waals surface area (Å²) in [6.07, 6.45) is -0.659. The third-order valence-electron chi connectivity index (χ3n) is 3.07. The summed E-state index contributed by atoms with van der Waals surface area (Å²) in [6.45, 7) is 3.91. The zero-order valence-electron chi connectivity index (χ0n) is 12.6. The maximum atomic E-state index is 12.1. The molecule has 1 amide bonds. The number of thiophene rings is 1. The highest BCUT2D eigenvalue weighted by molar-refractivity contribution is 9.10. The normalized spacial score (nSPS) is 11.8. The number of aryl methyl sites for hydroxylation is 1. The Morgan fingerprint density at radius 1 is 1.35 bits per heavy atom. The van der Waals surface area contributed by atoms with Gasteiger partial charge in [-0.2, -0.15) is 0 Å². The SMILES string of the molecule is Cc1ccc(OC(C)C(=O)NCc2ccc(C(=O)O)s2)c(Br)c1. The van der Waals surface area contributed by atoms with Crippen LogP contribution >= 0.6 is 27.3 Å². The fraction of sp³-hybridized carbons (Fsp3) is 0.250. The zero-order valence-corrected chi connectivity index (χ0v) is 15.0. The number of nitrogens with one attached hydrogen (secondary N) is 1. The van der Waals surface area contributed by atoms with Crippen molar-refractivity contribution < 1.29 is 19.4 Å². The Kier molecular flexibility index (Phi) is 5.79. The minimum absolute atomic E-state index is 0.252. The van der Waals surface area contributed by atoms with Crippen LogP contribution in [0.25, 0.3) is 0 Å². The molecule has 1 aromatic heterocycles. The summed E-state index contributed by atoms with van der Waals surface area (Å²) in [7, 11) is 0. The highest BCUT2D eigenvalue weighted by Gasteiger charge is 2.16. The van der Waals surface area contributed by atoms with Crippen molar-refractivity contribution in [1.82, 2.24) is 5.32 Å². The smallest absolute Gasteiger partial charge is 0.345 e. The molecule has 5 nitrogen and oxygen atoms in total. The minimum atomic E-state index is -0.964. The van der Waals surface area contributed by atoms with Crippen LogP contribution in [0.5, 0.6) is 5.75 Å². The molecular weight excluding hydrogens is 382 g/mol. The Morgan fingerprint density at radius 3 is 2.70 bits per heavy atom. The number of hydrogen-bond acceptors (Lipinski definition) is 4. The Morgan fingerprint density at radius 2 is 2.09 bits per heavy atom. The van der Waals surface area contributed by atoms with E-state index in [2.05, 4.69) is 21.2 Å². The molecule has 0 aliphatic rings. The van der Waals surface area contributed by atoms with E-state index in [0.717, 1.165) is 26.3 Å². The molecule has 7 heteroatoms. The van der Waals surface area contributed by atoms with E-state index < -0.39 is 12.1 Å². The first kappa shape index (κ1) is 17.5. The Hall–Kier alpha value is -1.86. The molecular formula is C16H16BrNO4S. The molecule has 1 atom stereocenters. The lowest BCUT2D eigenvalue weighted by Gasteiger charge is -2.15. The maximum Gasteiger partial charge on any atom is 0.345 e. The largest absolute Gasteiger partial charge is 0.480 e. The van der Waals surface area contributed by atoms with Gasteiger partial charge in [-0.15, -0.1) is 11.3 Å². The zero-order chi connectivity index (χ0) is 17.0. The average molecular weight is 398 g/mol. The molecule has 0 fully saturated rings. The number of carbonyl (C=O) groups excluding carboxylic acids is 1. The molecule has 2 rings (SSSR count). The number of amides is 1. The van der Waals surface area contributed by atoms with Gasteiger partial charge in [0.25, 0.3) is 5.91 Å². The molecule has 0 saturated carbocycles. The van der Waals surface area contributed by atoms with E-state index in [1.807, 2.05) is 25.1 Å². The van der Waals surface area contributed by atoms with Gasteiger partial charge >= 0.3 is 5.97 Å². The van der Waals surface area contributed by atoms with Crippen LogP contribution < -0.4 is 10.1 Å². The maximum absolute atomic E-state index is 12.1. The van der Waals surface area contributed by atoms with Gasteiger partial charge in [-0.25, -0.2) is 4.79 Å². The quantitative estimate of drug-likeness (QED) is 0.780. The average Bonchev–Trinajstić information content (AvgIpc) is 2.96. The summed E-state index contributed by atoms with van der Waals surface area (Å²) >= 11 is 4.55. The van der Waals surface area contributed by atoms with Gasteiger partial charge in [0, 0.05) is 4.88 Å². The summed E-state index contributed by atoms with van der Waals surface area (Å²) in [4.78, 5) is 23.9. The predicted octanol–water partition coefficient (Wildman–Crippen LogP) is 3.60. The second-order valence-electron chi connectivity index (χ2n) is 4.98. The molecule has 1 unspecified atom stereocenters. The Bertz CT molecular complexity index is 729. The lowest BCUT2D eigenvalue weighted by atomic mass is 10.2. The number of hydrogen-bond donors (Lipinski definition) is 2. The lowest BCUT2D eigenvalue weighted by Crippen LogP contribution is -2.35. The molecule has 23 heavy (non-hydrogen) atoms. The van der Waals surface area contributed by atoms with Crippen molar-refractivity contribution >= 4 is 39.1 Å². The number of benzene rings is 1. The molecule has 2 N–H and O–H groups in total. The molecule has 0 aliphatic carbocycles. The Balaban J connectivity index is 1.90. The van der Waals surface area contributed by atoms with Crippen molar-refractivity contribution in [3.8, 4) is 5.75 Å². The molecule has 122 valence electrons. The summed E-state index contributed by atoms with van der Waals surface area (Å²) in [5, 5.41) is 11.6. The van der Waals surface area contributed by atoms with E-state index in [0.29, 0.717) is 5.75 Å². The van der Waals surface area contributed by atoms with Crippen molar-refractivity contribution in [2.75, 3.05) is 0 Å². The standard InChI is InChI=1S/C16H16BrNO4S/c1-9-3-5-13(12(17)7-9)22-10(2)15(19)18-8-11-4-6-14(23-11)16(20)21/h3-7,10H,8H2,1-2H3,(H,18,19)(H,20,21). The molecule has 0 bridgehead atoms. The van der Waals surface area contributed by atoms with Crippen LogP contribution in [0.2, 0.25) is 0 Å². The van der Waals surface area contributed by atoms with Gasteiger partial charge in [0.1, 0.15) is 10.6 Å². The summed E-state index contributed by atoms with van der Waals surface area (Å²) in [5.41, 5.74) is 1.09. The second kappa shape index (κ2) is 7.61. The first-order valence-electron chi connectivity index (χ1n) is 6.89. The fourth-order valence-electron chi connectivity index (χ4n) is 1.85. The molecule has 1 heterocycles. The van der Waals surface area contributed by atoms with E-state index in [1.54, 1.807) is 13.0 Å². The van der Waals surface area contributed by atoms with E-state index in [9.17, 15) is 9.59 Å². The molecule has 0 spiro atoms. The monoisotopic (exact) mass is 397 g/mol. The first-order valence-corrected chi connectivity index (χ1v) is 8.50. The van der Waals surface area contributed by atoms with Crippen LogP contribution in [0.4, 0.5) is 0 Å². The molecule has 0 radical (unpaired) electrons. The van der Waals surface area contributed by atoms with Gasteiger partial charge in [-0.3, -0.25) is 4.79 Å². The van der Waals surface area contributed by atoms with Crippen LogP contribution in [0.1, 0.15) is 27.0 Å². The van der Waals surface area contributed by atoms with Crippen molar-refractivity contribution in [2.24, 2.45) is 0 Å². The minimum Gasteiger partial charge on any atom is -0.480 e. The molecule has 1 aromatic carbocycles. The molecule has 0 saturated heterocycles. The number of carboxylic acids is 1. The van der Waals surface area contributed by atoms with Crippen LogP contribution in [0.15, 0.2) is 34.8 Å². The van der Waals surface area contributed by atoms with Gasteiger partial charge in [-0.05, 0) is 59.6 Å². The van der Waals surface area contributed by atoms with Crippen LogP contribution in [-0.4, -0.2) is 23.1 Å². The third kappa shape index (κ3) is 4.80. The highest BCUT2D eigenvalue weighted by Crippen LogP contribution is 2.26. The lowest BCUT2D eigenvalue weighted by molar-refractivity contribution is -0.127. The van der Waals surface area contributed by atoms with E-state index in [1.165, 1.54) is 6.07 Å². The summed E-state index contributed by atoms with van der Waals surface area (Å²) in [5.74, 6) is -0.626. The number of carboxylic acid groups (broad SMARTS) is 1. The van der Waals surface area contributed by atoms with Crippen molar-refractivity contribution in [1.29, 1.82) is 0 Å². The number of ether oxygens (including phenoxy) is 1. The number of carbonyl (C=O) groups is 2. The van der Waals surface area contributed by atoms with Gasteiger partial charge in [0.05, 0.1) is 11.0 Å². The predicted molar refractivity (Wildman–Crippen MR) is 92.1 cm³/mol. The topological polar surface area (TPSA) is 75.6 Å². The van der Waals surface area contributed by atoms with E-state index in [4.69, 9.17) is 9.84 Å². The van der Waals surface area contributed by atoms with Crippen LogP contribution in [0, 0.1) is 6.92 Å². The second-order valence-corrected chi connectivity index (χ2v) is 7.01. The summed E-state index contributed by atoms with van der Waals surface area (Å²) in [6, 6.07) is 8.85. The van der Waals surface area contributed by atoms with E-state index in [-0.39, 0.29) is 17.3 Å². The van der Waals surface area contributed by atoms with Gasteiger partial charge in [0.2, 0.25) is 0 Å². The number of halogens is 1. The number of rotatable bonds is 6.